The zero-order valence-electron chi connectivity index (χ0n) is 12.8. The predicted molar refractivity (Wildman–Crippen MR) is 92.4 cm³/mol. The zero-order valence-corrected chi connectivity index (χ0v) is 12.8. The Bertz CT molecular complexity index is 761. The summed E-state index contributed by atoms with van der Waals surface area (Å²) in [5.41, 5.74) is 8.62. The minimum atomic E-state index is 0.293. The summed E-state index contributed by atoms with van der Waals surface area (Å²) >= 11 is 0. The van der Waals surface area contributed by atoms with Crippen LogP contribution in [-0.4, -0.2) is 13.7 Å². The molecule has 0 heterocycles. The second-order valence-corrected chi connectivity index (χ2v) is 5.55. The van der Waals surface area contributed by atoms with Crippen LogP contribution in [0, 0.1) is 0 Å². The van der Waals surface area contributed by atoms with Crippen LogP contribution in [0.25, 0.3) is 10.8 Å². The molecule has 3 rings (SSSR count). The van der Waals surface area contributed by atoms with Gasteiger partial charge in [0.25, 0.3) is 0 Å². The van der Waals surface area contributed by atoms with Gasteiger partial charge in [-0.3, -0.25) is 0 Å². The zero-order chi connectivity index (χ0) is 15.4. The molecule has 0 aliphatic rings. The van der Waals surface area contributed by atoms with Gasteiger partial charge in [0.15, 0.2) is 0 Å². The van der Waals surface area contributed by atoms with Gasteiger partial charge in [-0.25, -0.2) is 0 Å². The number of rotatable bonds is 5. The highest BCUT2D eigenvalue weighted by Crippen LogP contribution is 2.27. The van der Waals surface area contributed by atoms with Crippen LogP contribution in [0.2, 0.25) is 0 Å². The summed E-state index contributed by atoms with van der Waals surface area (Å²) in [5.74, 6) is 1.18. The van der Waals surface area contributed by atoms with Gasteiger partial charge in [0, 0.05) is 5.92 Å². The Morgan fingerprint density at radius 2 is 1.73 bits per heavy atom. The molecule has 3 aromatic rings. The summed E-state index contributed by atoms with van der Waals surface area (Å²) in [5, 5.41) is 2.59. The predicted octanol–water partition coefficient (Wildman–Crippen LogP) is 4.13. The third-order valence-electron chi connectivity index (χ3n) is 4.20. The normalized spacial score (nSPS) is 12.3. The van der Waals surface area contributed by atoms with Crippen molar-refractivity contribution < 1.29 is 4.74 Å². The van der Waals surface area contributed by atoms with Gasteiger partial charge in [0.2, 0.25) is 0 Å². The van der Waals surface area contributed by atoms with E-state index in [0.29, 0.717) is 12.5 Å². The van der Waals surface area contributed by atoms with Crippen LogP contribution in [0.3, 0.4) is 0 Å². The van der Waals surface area contributed by atoms with Crippen molar-refractivity contribution in [3.05, 3.63) is 77.9 Å². The standard InChI is InChI=1S/C20H21NO/c1-22-19-10-5-8-16(13-19)18(14-21)12-17-9-4-7-15-6-2-3-11-20(15)17/h2-11,13,18H,12,14,21H2,1H3. The van der Waals surface area contributed by atoms with Gasteiger partial charge in [-0.2, -0.15) is 0 Å². The SMILES string of the molecule is COc1cccc(C(CN)Cc2cccc3ccccc23)c1. The van der Waals surface area contributed by atoms with Gasteiger partial charge in [0.05, 0.1) is 7.11 Å². The highest BCUT2D eigenvalue weighted by molar-refractivity contribution is 5.85. The quantitative estimate of drug-likeness (QED) is 0.767. The maximum atomic E-state index is 6.05. The molecule has 0 saturated carbocycles. The van der Waals surface area contributed by atoms with Crippen molar-refractivity contribution in [3.8, 4) is 5.75 Å². The molecule has 0 fully saturated rings. The Kier molecular flexibility index (Phi) is 4.40. The molecule has 0 aliphatic heterocycles. The molecule has 0 spiro atoms. The van der Waals surface area contributed by atoms with Crippen LogP contribution >= 0.6 is 0 Å². The fourth-order valence-corrected chi connectivity index (χ4v) is 2.97. The van der Waals surface area contributed by atoms with Crippen molar-refractivity contribution in [2.75, 3.05) is 13.7 Å². The lowest BCUT2D eigenvalue weighted by atomic mass is 9.89. The van der Waals surface area contributed by atoms with Crippen molar-refractivity contribution in [1.82, 2.24) is 0 Å². The molecule has 22 heavy (non-hydrogen) atoms. The highest BCUT2D eigenvalue weighted by atomic mass is 16.5. The molecule has 0 aromatic heterocycles. The van der Waals surface area contributed by atoms with E-state index >= 15 is 0 Å². The number of hydrogen-bond donors (Lipinski definition) is 1. The number of fused-ring (bicyclic) bond motifs is 1. The van der Waals surface area contributed by atoms with Crippen LogP contribution in [-0.2, 0) is 6.42 Å². The summed E-state index contributed by atoms with van der Waals surface area (Å²) in [7, 11) is 1.70. The number of hydrogen-bond acceptors (Lipinski definition) is 2. The lowest BCUT2D eigenvalue weighted by Gasteiger charge is -2.17. The Labute approximate surface area is 131 Å². The minimum absolute atomic E-state index is 0.293. The van der Waals surface area contributed by atoms with E-state index in [2.05, 4.69) is 54.6 Å². The highest BCUT2D eigenvalue weighted by Gasteiger charge is 2.13. The molecule has 0 amide bonds. The van der Waals surface area contributed by atoms with Crippen LogP contribution in [0.4, 0.5) is 0 Å². The minimum Gasteiger partial charge on any atom is -0.497 e. The largest absolute Gasteiger partial charge is 0.497 e. The molecule has 0 aliphatic carbocycles. The lowest BCUT2D eigenvalue weighted by molar-refractivity contribution is 0.413. The molecule has 0 radical (unpaired) electrons. The van der Waals surface area contributed by atoms with Crippen molar-refractivity contribution >= 4 is 10.8 Å². The summed E-state index contributed by atoms with van der Waals surface area (Å²) in [4.78, 5) is 0. The first-order valence-electron chi connectivity index (χ1n) is 7.62. The fourth-order valence-electron chi connectivity index (χ4n) is 2.97. The summed E-state index contributed by atoms with van der Waals surface area (Å²) in [6.07, 6.45) is 0.936. The van der Waals surface area contributed by atoms with Crippen LogP contribution < -0.4 is 10.5 Å². The Hall–Kier alpha value is -2.32. The van der Waals surface area contributed by atoms with Crippen molar-refractivity contribution in [3.63, 3.8) is 0 Å². The maximum absolute atomic E-state index is 6.05. The third-order valence-corrected chi connectivity index (χ3v) is 4.20. The van der Waals surface area contributed by atoms with E-state index in [4.69, 9.17) is 10.5 Å². The first-order valence-corrected chi connectivity index (χ1v) is 7.62. The second-order valence-electron chi connectivity index (χ2n) is 5.55. The van der Waals surface area contributed by atoms with Gasteiger partial charge in [0.1, 0.15) is 5.75 Å². The summed E-state index contributed by atoms with van der Waals surface area (Å²) < 4.78 is 5.33. The van der Waals surface area contributed by atoms with Crippen LogP contribution in [0.5, 0.6) is 5.75 Å². The number of benzene rings is 3. The molecular formula is C20H21NO. The fraction of sp³-hybridized carbons (Fsp3) is 0.200. The van der Waals surface area contributed by atoms with E-state index in [1.807, 2.05) is 12.1 Å². The van der Waals surface area contributed by atoms with Gasteiger partial charge < -0.3 is 10.5 Å². The number of methoxy groups -OCH3 is 1. The van der Waals surface area contributed by atoms with E-state index in [9.17, 15) is 0 Å². The van der Waals surface area contributed by atoms with E-state index in [-0.39, 0.29) is 0 Å². The molecule has 1 unspecified atom stereocenters. The molecule has 1 atom stereocenters. The van der Waals surface area contributed by atoms with Crippen molar-refractivity contribution in [2.24, 2.45) is 5.73 Å². The Morgan fingerprint density at radius 1 is 0.955 bits per heavy atom. The van der Waals surface area contributed by atoms with E-state index < -0.39 is 0 Å². The van der Waals surface area contributed by atoms with Gasteiger partial charge in [-0.05, 0) is 47.0 Å². The molecule has 2 N–H and O–H groups in total. The van der Waals surface area contributed by atoms with Crippen molar-refractivity contribution in [2.45, 2.75) is 12.3 Å². The van der Waals surface area contributed by atoms with Gasteiger partial charge in [-0.1, -0.05) is 54.6 Å². The first-order chi connectivity index (χ1) is 10.8. The molecule has 3 aromatic carbocycles. The Balaban J connectivity index is 1.94. The topological polar surface area (TPSA) is 35.2 Å². The summed E-state index contributed by atoms with van der Waals surface area (Å²) in [6, 6.07) is 23.2. The molecule has 112 valence electrons. The van der Waals surface area contributed by atoms with Crippen LogP contribution in [0.1, 0.15) is 17.0 Å². The molecule has 0 bridgehead atoms. The van der Waals surface area contributed by atoms with Crippen molar-refractivity contribution in [1.29, 1.82) is 0 Å². The Morgan fingerprint density at radius 3 is 2.55 bits per heavy atom. The van der Waals surface area contributed by atoms with Gasteiger partial charge in [-0.15, -0.1) is 0 Å². The third kappa shape index (κ3) is 2.97. The summed E-state index contributed by atoms with van der Waals surface area (Å²) in [6.45, 7) is 0.621. The first kappa shape index (κ1) is 14.6. The molecular weight excluding hydrogens is 270 g/mol. The number of nitrogens with two attached hydrogens (primary N) is 1. The van der Waals surface area contributed by atoms with E-state index in [1.54, 1.807) is 7.11 Å². The molecule has 0 saturated heterocycles. The molecule has 2 nitrogen and oxygen atoms in total. The lowest BCUT2D eigenvalue weighted by Crippen LogP contribution is -2.15. The second kappa shape index (κ2) is 6.63. The number of ether oxygens (including phenoxy) is 1. The van der Waals surface area contributed by atoms with Gasteiger partial charge >= 0.3 is 0 Å². The van der Waals surface area contributed by atoms with E-state index in [0.717, 1.165) is 12.2 Å². The maximum Gasteiger partial charge on any atom is 0.119 e. The molecule has 2 heteroatoms. The monoisotopic (exact) mass is 291 g/mol. The average molecular weight is 291 g/mol. The average Bonchev–Trinajstić information content (AvgIpc) is 2.59. The smallest absolute Gasteiger partial charge is 0.119 e. The van der Waals surface area contributed by atoms with Crippen LogP contribution in [0.15, 0.2) is 66.7 Å². The van der Waals surface area contributed by atoms with E-state index in [1.165, 1.54) is 21.9 Å².